The Balaban J connectivity index is 2.51. The maximum atomic E-state index is 11.7. The van der Waals surface area contributed by atoms with Gasteiger partial charge in [0.1, 0.15) is 0 Å². The summed E-state index contributed by atoms with van der Waals surface area (Å²) in [7, 11) is 0. The van der Waals surface area contributed by atoms with E-state index >= 15 is 0 Å². The van der Waals surface area contributed by atoms with Crippen molar-refractivity contribution in [3.05, 3.63) is 24.3 Å². The van der Waals surface area contributed by atoms with E-state index in [1.54, 1.807) is 0 Å². The van der Waals surface area contributed by atoms with Gasteiger partial charge in [-0.25, -0.2) is 4.79 Å². The molecule has 1 aliphatic heterocycles. The van der Waals surface area contributed by atoms with Crippen LogP contribution in [0.5, 0.6) is 0 Å². The van der Waals surface area contributed by atoms with Gasteiger partial charge in [0.15, 0.2) is 0 Å². The molecule has 3 heteroatoms. The summed E-state index contributed by atoms with van der Waals surface area (Å²) in [5.74, 6) is 0. The minimum atomic E-state index is 0.107. The van der Waals surface area contributed by atoms with Gasteiger partial charge in [-0.05, 0) is 13.8 Å². The van der Waals surface area contributed by atoms with Crippen molar-refractivity contribution in [3.8, 4) is 0 Å². The van der Waals surface area contributed by atoms with Crippen molar-refractivity contribution in [2.75, 3.05) is 26.2 Å². The normalized spacial score (nSPS) is 16.3. The molecule has 0 aliphatic carbocycles. The van der Waals surface area contributed by atoms with E-state index in [4.69, 9.17) is 0 Å². The van der Waals surface area contributed by atoms with Gasteiger partial charge in [0, 0.05) is 26.2 Å². The summed E-state index contributed by atoms with van der Waals surface area (Å²) in [5.41, 5.74) is 2.05. The molecule has 1 aliphatic rings. The van der Waals surface area contributed by atoms with Crippen molar-refractivity contribution >= 4 is 6.03 Å². The molecule has 1 saturated heterocycles. The molecular formula is C11H18N2O. The highest BCUT2D eigenvalue weighted by Crippen LogP contribution is 2.11. The van der Waals surface area contributed by atoms with Gasteiger partial charge in [-0.15, -0.1) is 0 Å². The second-order valence-corrected chi connectivity index (χ2v) is 4.04. The standard InChI is InChI=1S/C11H18N2O/c1-9(2)7-12-5-6-13(11(12)14)8-10(3)4/h1,3,5-8H2,2,4H3. The summed E-state index contributed by atoms with van der Waals surface area (Å²) < 4.78 is 0. The monoisotopic (exact) mass is 194 g/mol. The zero-order valence-corrected chi connectivity index (χ0v) is 9.05. The van der Waals surface area contributed by atoms with Crippen molar-refractivity contribution in [2.24, 2.45) is 0 Å². The lowest BCUT2D eigenvalue weighted by atomic mass is 10.3. The van der Waals surface area contributed by atoms with Gasteiger partial charge in [0.25, 0.3) is 0 Å². The summed E-state index contributed by atoms with van der Waals surface area (Å²) >= 11 is 0. The summed E-state index contributed by atoms with van der Waals surface area (Å²) in [4.78, 5) is 15.4. The first-order valence-electron chi connectivity index (χ1n) is 4.83. The molecule has 3 nitrogen and oxygen atoms in total. The minimum Gasteiger partial charge on any atom is -0.319 e. The third kappa shape index (κ3) is 2.62. The number of carbonyl (C=O) groups is 1. The van der Waals surface area contributed by atoms with Crippen LogP contribution < -0.4 is 0 Å². The van der Waals surface area contributed by atoms with Gasteiger partial charge in [-0.3, -0.25) is 0 Å². The predicted octanol–water partition coefficient (Wildman–Crippen LogP) is 1.88. The van der Waals surface area contributed by atoms with Gasteiger partial charge in [-0.1, -0.05) is 24.3 Å². The lowest BCUT2D eigenvalue weighted by Gasteiger charge is -2.18. The van der Waals surface area contributed by atoms with E-state index < -0.39 is 0 Å². The van der Waals surface area contributed by atoms with Gasteiger partial charge in [0.2, 0.25) is 0 Å². The highest BCUT2D eigenvalue weighted by molar-refractivity contribution is 5.77. The lowest BCUT2D eigenvalue weighted by Crippen LogP contribution is -2.33. The second-order valence-electron chi connectivity index (χ2n) is 4.04. The number of urea groups is 1. The summed E-state index contributed by atoms with van der Waals surface area (Å²) in [6, 6.07) is 0.107. The maximum Gasteiger partial charge on any atom is 0.320 e. The molecule has 0 radical (unpaired) electrons. The van der Waals surface area contributed by atoms with Crippen LogP contribution >= 0.6 is 0 Å². The Morgan fingerprint density at radius 3 is 1.79 bits per heavy atom. The van der Waals surface area contributed by atoms with Crippen LogP contribution in [-0.4, -0.2) is 42.0 Å². The average Bonchev–Trinajstić information content (AvgIpc) is 2.34. The Labute approximate surface area is 85.7 Å². The molecule has 0 bridgehead atoms. The topological polar surface area (TPSA) is 23.6 Å². The zero-order chi connectivity index (χ0) is 10.7. The van der Waals surface area contributed by atoms with E-state index in [1.807, 2.05) is 23.6 Å². The third-order valence-electron chi connectivity index (χ3n) is 2.10. The SMILES string of the molecule is C=C(C)CN1CCN(CC(=C)C)C1=O. The van der Waals surface area contributed by atoms with Crippen molar-refractivity contribution in [3.63, 3.8) is 0 Å². The van der Waals surface area contributed by atoms with E-state index in [0.717, 1.165) is 24.2 Å². The van der Waals surface area contributed by atoms with Crippen molar-refractivity contribution in [1.82, 2.24) is 9.80 Å². The van der Waals surface area contributed by atoms with Crippen LogP contribution in [0.3, 0.4) is 0 Å². The molecule has 0 N–H and O–H groups in total. The Hall–Kier alpha value is -1.25. The quantitative estimate of drug-likeness (QED) is 0.627. The van der Waals surface area contributed by atoms with Gasteiger partial charge >= 0.3 is 6.03 Å². The predicted molar refractivity (Wildman–Crippen MR) is 58.2 cm³/mol. The van der Waals surface area contributed by atoms with Gasteiger partial charge in [0.05, 0.1) is 0 Å². The lowest BCUT2D eigenvalue weighted by molar-refractivity contribution is 0.197. The highest BCUT2D eigenvalue weighted by Gasteiger charge is 2.27. The number of nitrogens with zero attached hydrogens (tertiary/aromatic N) is 2. The molecule has 2 amide bonds. The van der Waals surface area contributed by atoms with Crippen LogP contribution in [0.15, 0.2) is 24.3 Å². The number of hydrogen-bond donors (Lipinski definition) is 0. The molecule has 1 heterocycles. The number of hydrogen-bond acceptors (Lipinski definition) is 1. The summed E-state index contributed by atoms with van der Waals surface area (Å²) in [5, 5.41) is 0. The second kappa shape index (κ2) is 4.31. The molecule has 14 heavy (non-hydrogen) atoms. The van der Waals surface area contributed by atoms with E-state index in [9.17, 15) is 4.79 Å². The van der Waals surface area contributed by atoms with Crippen molar-refractivity contribution < 1.29 is 4.79 Å². The van der Waals surface area contributed by atoms with E-state index in [1.165, 1.54) is 0 Å². The van der Waals surface area contributed by atoms with Crippen LogP contribution in [0.25, 0.3) is 0 Å². The minimum absolute atomic E-state index is 0.107. The maximum absolute atomic E-state index is 11.7. The summed E-state index contributed by atoms with van der Waals surface area (Å²) in [6.07, 6.45) is 0. The fourth-order valence-corrected chi connectivity index (χ4v) is 1.58. The first kappa shape index (κ1) is 10.8. The third-order valence-corrected chi connectivity index (χ3v) is 2.10. The molecule has 0 aromatic rings. The fraction of sp³-hybridized carbons (Fsp3) is 0.545. The van der Waals surface area contributed by atoms with Crippen LogP contribution in [0, 0.1) is 0 Å². The molecule has 0 aromatic carbocycles. The zero-order valence-electron chi connectivity index (χ0n) is 9.05. The van der Waals surface area contributed by atoms with Crippen LogP contribution in [0.2, 0.25) is 0 Å². The highest BCUT2D eigenvalue weighted by atomic mass is 16.2. The van der Waals surface area contributed by atoms with E-state index in [0.29, 0.717) is 13.1 Å². The molecule has 1 rings (SSSR count). The molecule has 0 saturated carbocycles. The Morgan fingerprint density at radius 2 is 1.50 bits per heavy atom. The van der Waals surface area contributed by atoms with E-state index in [2.05, 4.69) is 13.2 Å². The van der Waals surface area contributed by atoms with Crippen LogP contribution in [0.4, 0.5) is 4.79 Å². The first-order chi connectivity index (χ1) is 6.50. The Morgan fingerprint density at radius 1 is 1.14 bits per heavy atom. The van der Waals surface area contributed by atoms with Crippen LogP contribution in [-0.2, 0) is 0 Å². The Bertz CT molecular complexity index is 244. The molecule has 0 aromatic heterocycles. The van der Waals surface area contributed by atoms with Crippen LogP contribution in [0.1, 0.15) is 13.8 Å². The van der Waals surface area contributed by atoms with Crippen molar-refractivity contribution in [2.45, 2.75) is 13.8 Å². The molecule has 0 atom stereocenters. The molecule has 0 spiro atoms. The first-order valence-corrected chi connectivity index (χ1v) is 4.83. The molecular weight excluding hydrogens is 176 g/mol. The van der Waals surface area contributed by atoms with Gasteiger partial charge in [-0.2, -0.15) is 0 Å². The molecule has 0 unspecified atom stereocenters. The largest absolute Gasteiger partial charge is 0.320 e. The average molecular weight is 194 g/mol. The fourth-order valence-electron chi connectivity index (χ4n) is 1.58. The molecule has 78 valence electrons. The van der Waals surface area contributed by atoms with Crippen molar-refractivity contribution in [1.29, 1.82) is 0 Å². The smallest absolute Gasteiger partial charge is 0.319 e. The summed E-state index contributed by atoms with van der Waals surface area (Å²) in [6.45, 7) is 14.4. The number of carbonyl (C=O) groups excluding carboxylic acids is 1. The number of rotatable bonds is 4. The van der Waals surface area contributed by atoms with Gasteiger partial charge < -0.3 is 9.80 Å². The number of amides is 2. The Kier molecular flexibility index (Phi) is 3.33. The molecule has 1 fully saturated rings. The van der Waals surface area contributed by atoms with E-state index in [-0.39, 0.29) is 6.03 Å².